The first-order valence-corrected chi connectivity index (χ1v) is 5.32. The number of carbonyl (C=O) groups excluding carboxylic acids is 1. The largest absolute Gasteiger partial charge is 0.452 e. The van der Waals surface area contributed by atoms with Crippen molar-refractivity contribution in [1.82, 2.24) is 5.43 Å². The number of benzene rings is 1. The molecule has 0 saturated carbocycles. The summed E-state index contributed by atoms with van der Waals surface area (Å²) in [6.45, 7) is 0. The molecule has 0 aliphatic carbocycles. The van der Waals surface area contributed by atoms with Crippen molar-refractivity contribution in [1.29, 1.82) is 0 Å². The van der Waals surface area contributed by atoms with Gasteiger partial charge in [-0.25, -0.2) is 10.2 Å². The van der Waals surface area contributed by atoms with Crippen LogP contribution in [0, 0.1) is 0 Å². The number of anilines is 1. The molecule has 7 nitrogen and oxygen atoms in total. The number of nitrogens with zero attached hydrogens (tertiary/aromatic N) is 1. The molecule has 0 spiro atoms. The summed E-state index contributed by atoms with van der Waals surface area (Å²) < 4.78 is 9.62. The molecule has 1 heterocycles. The predicted molar refractivity (Wildman–Crippen MR) is 70.0 cm³/mol. The number of hydrazone groups is 1. The zero-order chi connectivity index (χ0) is 13.8. The highest BCUT2D eigenvalue weighted by atomic mass is 16.5. The summed E-state index contributed by atoms with van der Waals surface area (Å²) in [5.41, 5.74) is 7.82. The van der Waals surface area contributed by atoms with Crippen molar-refractivity contribution in [3.8, 4) is 0 Å². The predicted octanol–water partition coefficient (Wildman–Crippen LogP) is 1.07. The molecule has 0 unspecified atom stereocenters. The molecule has 3 N–H and O–H groups in total. The number of nitrogen functional groups attached to an aromatic ring is 1. The fourth-order valence-corrected chi connectivity index (χ4v) is 1.49. The van der Waals surface area contributed by atoms with E-state index in [0.29, 0.717) is 11.0 Å². The number of nitrogens with one attached hydrogen (secondary N) is 1. The number of hydrogen-bond donors (Lipinski definition) is 2. The van der Waals surface area contributed by atoms with E-state index in [0.717, 1.165) is 6.21 Å². The SMILES string of the molecule is COC(=O)N/N=C/c1c(N)oc2ccccc2c1=O. The Hall–Kier alpha value is -2.83. The Morgan fingerprint density at radius 3 is 2.95 bits per heavy atom. The third kappa shape index (κ3) is 2.54. The van der Waals surface area contributed by atoms with Crippen molar-refractivity contribution in [2.45, 2.75) is 0 Å². The van der Waals surface area contributed by atoms with E-state index >= 15 is 0 Å². The van der Waals surface area contributed by atoms with Gasteiger partial charge in [0.05, 0.1) is 18.7 Å². The van der Waals surface area contributed by atoms with Crippen LogP contribution in [-0.4, -0.2) is 19.4 Å². The molecule has 0 atom stereocenters. The van der Waals surface area contributed by atoms with Crippen LogP contribution in [0.25, 0.3) is 11.0 Å². The van der Waals surface area contributed by atoms with E-state index in [1.807, 2.05) is 0 Å². The molecule has 0 radical (unpaired) electrons. The lowest BCUT2D eigenvalue weighted by molar-refractivity contribution is 0.171. The van der Waals surface area contributed by atoms with Crippen molar-refractivity contribution in [2.24, 2.45) is 5.10 Å². The fourth-order valence-electron chi connectivity index (χ4n) is 1.49. The van der Waals surface area contributed by atoms with Crippen molar-refractivity contribution in [3.63, 3.8) is 0 Å². The lowest BCUT2D eigenvalue weighted by Gasteiger charge is -2.02. The molecule has 98 valence electrons. The molecule has 19 heavy (non-hydrogen) atoms. The molecule has 2 aromatic rings. The number of hydrogen-bond acceptors (Lipinski definition) is 6. The van der Waals surface area contributed by atoms with E-state index < -0.39 is 6.09 Å². The molecule has 7 heteroatoms. The first-order valence-electron chi connectivity index (χ1n) is 5.32. The molecule has 1 aromatic carbocycles. The number of amides is 1. The van der Waals surface area contributed by atoms with Gasteiger partial charge in [0.2, 0.25) is 11.3 Å². The van der Waals surface area contributed by atoms with Crippen LogP contribution in [0.5, 0.6) is 0 Å². The summed E-state index contributed by atoms with van der Waals surface area (Å²) in [7, 11) is 1.20. The van der Waals surface area contributed by atoms with Crippen molar-refractivity contribution < 1.29 is 13.9 Å². The molecule has 0 aliphatic rings. The number of carbonyl (C=O) groups is 1. The molecule has 0 fully saturated rings. The van der Waals surface area contributed by atoms with E-state index in [-0.39, 0.29) is 16.9 Å². The maximum absolute atomic E-state index is 12.1. The average Bonchev–Trinajstić information content (AvgIpc) is 2.42. The summed E-state index contributed by atoms with van der Waals surface area (Å²) in [5.74, 6) is -0.0703. The molecule has 1 aromatic heterocycles. The van der Waals surface area contributed by atoms with E-state index in [1.165, 1.54) is 7.11 Å². The number of ether oxygens (including phenoxy) is 1. The summed E-state index contributed by atoms with van der Waals surface area (Å²) in [6, 6.07) is 6.70. The van der Waals surface area contributed by atoms with Crippen LogP contribution in [-0.2, 0) is 4.74 Å². The van der Waals surface area contributed by atoms with Crippen LogP contribution in [0.2, 0.25) is 0 Å². The van der Waals surface area contributed by atoms with Crippen molar-refractivity contribution in [3.05, 3.63) is 40.1 Å². The Labute approximate surface area is 107 Å². The van der Waals surface area contributed by atoms with Gasteiger partial charge in [0.1, 0.15) is 11.1 Å². The van der Waals surface area contributed by atoms with E-state index in [9.17, 15) is 9.59 Å². The highest BCUT2D eigenvalue weighted by Crippen LogP contribution is 2.15. The third-order valence-corrected chi connectivity index (χ3v) is 2.40. The first-order chi connectivity index (χ1) is 9.13. The van der Waals surface area contributed by atoms with Gasteiger partial charge in [0.15, 0.2) is 0 Å². The Kier molecular flexibility index (Phi) is 3.46. The Balaban J connectivity index is 2.44. The monoisotopic (exact) mass is 261 g/mol. The Morgan fingerprint density at radius 2 is 2.21 bits per heavy atom. The van der Waals surface area contributed by atoms with Gasteiger partial charge in [-0.05, 0) is 12.1 Å². The third-order valence-electron chi connectivity index (χ3n) is 2.40. The second-order valence-electron chi connectivity index (χ2n) is 3.57. The lowest BCUT2D eigenvalue weighted by atomic mass is 10.2. The van der Waals surface area contributed by atoms with E-state index in [1.54, 1.807) is 24.3 Å². The molecule has 0 saturated heterocycles. The maximum atomic E-state index is 12.1. The van der Waals surface area contributed by atoms with Gasteiger partial charge in [-0.1, -0.05) is 12.1 Å². The molecular formula is C12H11N3O4. The molecule has 1 amide bonds. The van der Waals surface area contributed by atoms with E-state index in [2.05, 4.69) is 15.3 Å². The molecule has 0 aliphatic heterocycles. The summed E-state index contributed by atoms with van der Waals surface area (Å²) in [6.07, 6.45) is 0.366. The van der Waals surface area contributed by atoms with Gasteiger partial charge in [-0.15, -0.1) is 0 Å². The van der Waals surface area contributed by atoms with Crippen LogP contribution in [0.1, 0.15) is 5.56 Å². The van der Waals surface area contributed by atoms with Crippen LogP contribution in [0.4, 0.5) is 10.7 Å². The minimum atomic E-state index is -0.750. The zero-order valence-electron chi connectivity index (χ0n) is 10.0. The Morgan fingerprint density at radius 1 is 1.47 bits per heavy atom. The highest BCUT2D eigenvalue weighted by molar-refractivity contribution is 5.91. The van der Waals surface area contributed by atoms with Gasteiger partial charge < -0.3 is 14.9 Å². The topological polar surface area (TPSA) is 107 Å². The van der Waals surface area contributed by atoms with Gasteiger partial charge >= 0.3 is 6.09 Å². The summed E-state index contributed by atoms with van der Waals surface area (Å²) >= 11 is 0. The Bertz CT molecular complexity index is 706. The van der Waals surface area contributed by atoms with Gasteiger partial charge in [-0.2, -0.15) is 5.10 Å². The summed E-state index contributed by atoms with van der Waals surface area (Å²) in [5, 5.41) is 3.94. The summed E-state index contributed by atoms with van der Waals surface area (Å²) in [4.78, 5) is 22.9. The number of rotatable bonds is 2. The normalized spacial score (nSPS) is 10.8. The molecular weight excluding hydrogens is 250 g/mol. The second kappa shape index (κ2) is 5.21. The quantitative estimate of drug-likeness (QED) is 0.621. The highest BCUT2D eigenvalue weighted by Gasteiger charge is 2.09. The minimum Gasteiger partial charge on any atom is -0.452 e. The maximum Gasteiger partial charge on any atom is 0.427 e. The zero-order valence-corrected chi connectivity index (χ0v) is 10.0. The molecule has 2 rings (SSSR count). The van der Waals surface area contributed by atoms with Crippen molar-refractivity contribution >= 4 is 29.2 Å². The number of fused-ring (bicyclic) bond motifs is 1. The number of nitrogens with two attached hydrogens (primary N) is 1. The van der Waals surface area contributed by atoms with Gasteiger partial charge in [-0.3, -0.25) is 4.79 Å². The minimum absolute atomic E-state index is 0.0649. The lowest BCUT2D eigenvalue weighted by Crippen LogP contribution is -2.18. The number of para-hydroxylation sites is 1. The van der Waals surface area contributed by atoms with Gasteiger partial charge in [0.25, 0.3) is 0 Å². The van der Waals surface area contributed by atoms with Gasteiger partial charge in [0, 0.05) is 0 Å². The molecule has 0 bridgehead atoms. The number of methoxy groups -OCH3 is 1. The van der Waals surface area contributed by atoms with E-state index in [4.69, 9.17) is 10.2 Å². The average molecular weight is 261 g/mol. The van der Waals surface area contributed by atoms with Crippen LogP contribution < -0.4 is 16.6 Å². The van der Waals surface area contributed by atoms with Crippen LogP contribution in [0.15, 0.2) is 38.6 Å². The first kappa shape index (κ1) is 12.6. The van der Waals surface area contributed by atoms with Crippen LogP contribution in [0.3, 0.4) is 0 Å². The van der Waals surface area contributed by atoms with Crippen molar-refractivity contribution in [2.75, 3.05) is 12.8 Å². The smallest absolute Gasteiger partial charge is 0.427 e. The second-order valence-corrected chi connectivity index (χ2v) is 3.57. The fraction of sp³-hybridized carbons (Fsp3) is 0.0833. The standard InChI is InChI=1S/C12H11N3O4/c1-18-12(17)15-14-6-8-10(16)7-4-2-3-5-9(7)19-11(8)13/h2-6H,13H2,1H3,(H,15,17)/b14-6+. The van der Waals surface area contributed by atoms with Crippen LogP contribution >= 0.6 is 0 Å².